The van der Waals surface area contributed by atoms with Gasteiger partial charge < -0.3 is 9.30 Å². The Morgan fingerprint density at radius 2 is 1.81 bits per heavy atom. The van der Waals surface area contributed by atoms with E-state index in [1.807, 2.05) is 30.7 Å². The van der Waals surface area contributed by atoms with E-state index >= 15 is 0 Å². The molecule has 0 saturated heterocycles. The van der Waals surface area contributed by atoms with Crippen LogP contribution in [-0.2, 0) is 18.4 Å². The number of allylic oxidation sites excluding steroid dienone is 1. The highest BCUT2D eigenvalue weighted by molar-refractivity contribution is 5.93. The van der Waals surface area contributed by atoms with Crippen molar-refractivity contribution >= 4 is 27.6 Å². The molecule has 5 heteroatoms. The Bertz CT molecular complexity index is 1130. The zero-order chi connectivity index (χ0) is 18.3. The van der Waals surface area contributed by atoms with E-state index in [4.69, 9.17) is 14.7 Å². The second-order valence-electron chi connectivity index (χ2n) is 6.52. The van der Waals surface area contributed by atoms with Crippen LogP contribution in [0.4, 0.5) is 0 Å². The van der Waals surface area contributed by atoms with Crippen LogP contribution in [0, 0.1) is 0 Å². The van der Waals surface area contributed by atoms with Crippen molar-refractivity contribution in [1.82, 2.24) is 19.5 Å². The number of imidazole rings is 1. The monoisotopic (exact) mass is 344 g/mol. The lowest BCUT2D eigenvalue weighted by atomic mass is 10.0. The Morgan fingerprint density at radius 1 is 1.08 bits per heavy atom. The van der Waals surface area contributed by atoms with Crippen molar-refractivity contribution in [2.75, 3.05) is 7.11 Å². The Balaban J connectivity index is 1.93. The van der Waals surface area contributed by atoms with Gasteiger partial charge in [0.1, 0.15) is 0 Å². The number of aromatic nitrogens is 4. The van der Waals surface area contributed by atoms with Crippen molar-refractivity contribution in [1.29, 1.82) is 0 Å². The number of rotatable bonds is 4. The third-order valence-corrected chi connectivity index (χ3v) is 4.45. The van der Waals surface area contributed by atoms with E-state index in [0.717, 1.165) is 50.2 Å². The average Bonchev–Trinajstić information content (AvgIpc) is 3.00. The van der Waals surface area contributed by atoms with Gasteiger partial charge in [-0.25, -0.2) is 15.0 Å². The van der Waals surface area contributed by atoms with E-state index in [-0.39, 0.29) is 0 Å². The quantitative estimate of drug-likeness (QED) is 0.552. The molecule has 0 radical (unpaired) electrons. The molecule has 0 atom stereocenters. The van der Waals surface area contributed by atoms with Crippen LogP contribution in [0.5, 0.6) is 0 Å². The molecule has 0 unspecified atom stereocenters. The fourth-order valence-electron chi connectivity index (χ4n) is 3.10. The molecule has 4 aromatic rings. The minimum atomic E-state index is 0.593. The number of ether oxygens (including phenoxy) is 1. The number of fused-ring (bicyclic) bond motifs is 2. The smallest absolute Gasteiger partial charge is 0.0969 e. The van der Waals surface area contributed by atoms with E-state index in [9.17, 15) is 0 Å². The van der Waals surface area contributed by atoms with Gasteiger partial charge in [0.05, 0.1) is 46.4 Å². The molecule has 2 aromatic carbocycles. The minimum Gasteiger partial charge on any atom is -0.380 e. The van der Waals surface area contributed by atoms with Crippen molar-refractivity contribution in [2.45, 2.75) is 13.5 Å². The van der Waals surface area contributed by atoms with Crippen molar-refractivity contribution < 1.29 is 4.74 Å². The first-order chi connectivity index (χ1) is 12.6. The Hall–Kier alpha value is -3.05. The minimum absolute atomic E-state index is 0.593. The number of hydrogen-bond acceptors (Lipinski definition) is 4. The molecule has 0 saturated carbocycles. The highest BCUT2D eigenvalue weighted by atomic mass is 16.5. The van der Waals surface area contributed by atoms with E-state index < -0.39 is 0 Å². The molecule has 2 heterocycles. The highest BCUT2D eigenvalue weighted by Gasteiger charge is 2.13. The topological polar surface area (TPSA) is 52.8 Å². The number of nitrogens with zero attached hydrogens (tertiary/aromatic N) is 4. The zero-order valence-corrected chi connectivity index (χ0v) is 15.2. The predicted octanol–water partition coefficient (Wildman–Crippen LogP) is 4.36. The van der Waals surface area contributed by atoms with E-state index in [1.165, 1.54) is 0 Å². The second-order valence-corrected chi connectivity index (χ2v) is 6.52. The van der Waals surface area contributed by atoms with Gasteiger partial charge in [-0.15, -0.1) is 0 Å². The lowest BCUT2D eigenvalue weighted by Gasteiger charge is -2.11. The van der Waals surface area contributed by atoms with Crippen molar-refractivity contribution in [3.63, 3.8) is 0 Å². The van der Waals surface area contributed by atoms with Gasteiger partial charge in [-0.3, -0.25) is 0 Å². The van der Waals surface area contributed by atoms with E-state index in [1.54, 1.807) is 13.4 Å². The van der Waals surface area contributed by atoms with Gasteiger partial charge in [0.25, 0.3) is 0 Å². The molecule has 0 fully saturated rings. The van der Waals surface area contributed by atoms with Gasteiger partial charge in [0.15, 0.2) is 0 Å². The highest BCUT2D eigenvalue weighted by Crippen LogP contribution is 2.29. The number of methoxy groups -OCH3 is 1. The molecule has 4 rings (SSSR count). The maximum Gasteiger partial charge on any atom is 0.0969 e. The van der Waals surface area contributed by atoms with Crippen LogP contribution in [-0.4, -0.2) is 26.6 Å². The van der Waals surface area contributed by atoms with Gasteiger partial charge in [-0.2, -0.15) is 0 Å². The molecule has 0 aliphatic carbocycles. The van der Waals surface area contributed by atoms with Gasteiger partial charge in [-0.05, 0) is 30.2 Å². The number of benzene rings is 2. The molecular weight excluding hydrogens is 324 g/mol. The number of hydrogen-bond donors (Lipinski definition) is 0. The largest absolute Gasteiger partial charge is 0.380 e. The fourth-order valence-corrected chi connectivity index (χ4v) is 3.10. The summed E-state index contributed by atoms with van der Waals surface area (Å²) in [5.74, 6) is 0. The maximum atomic E-state index is 5.19. The fraction of sp³-hybridized carbons (Fsp3) is 0.190. The molecule has 2 aromatic heterocycles. The summed E-state index contributed by atoms with van der Waals surface area (Å²) in [5.41, 5.74) is 8.31. The van der Waals surface area contributed by atoms with Gasteiger partial charge in [0, 0.05) is 19.7 Å². The van der Waals surface area contributed by atoms with Crippen LogP contribution in [0.3, 0.4) is 0 Å². The molecule has 0 bridgehead atoms. The number of aryl methyl sites for hydroxylation is 1. The van der Waals surface area contributed by atoms with Crippen LogP contribution in [0.25, 0.3) is 38.9 Å². The standard InChI is InChI=1S/C21H20N4O/c1-13(2)20-21(15-7-5-14(6-8-15)11-26-4)24-17-10-19-18(9-16(17)23-20)22-12-25(19)3/h5-10,12H,1,11H2,2-4H3. The molecule has 0 aliphatic rings. The molecule has 0 N–H and O–H groups in total. The molecule has 0 spiro atoms. The lowest BCUT2D eigenvalue weighted by Crippen LogP contribution is -1.98. The third-order valence-electron chi connectivity index (χ3n) is 4.45. The van der Waals surface area contributed by atoms with Crippen molar-refractivity contribution in [3.8, 4) is 11.3 Å². The summed E-state index contributed by atoms with van der Waals surface area (Å²) in [6.07, 6.45) is 1.80. The first-order valence-electron chi connectivity index (χ1n) is 8.44. The normalized spacial score (nSPS) is 11.3. The van der Waals surface area contributed by atoms with Gasteiger partial charge >= 0.3 is 0 Å². The van der Waals surface area contributed by atoms with Crippen LogP contribution < -0.4 is 0 Å². The molecule has 0 amide bonds. The van der Waals surface area contributed by atoms with Crippen LogP contribution >= 0.6 is 0 Å². The Morgan fingerprint density at radius 3 is 2.50 bits per heavy atom. The molecule has 26 heavy (non-hydrogen) atoms. The summed E-state index contributed by atoms with van der Waals surface area (Å²) in [7, 11) is 3.67. The van der Waals surface area contributed by atoms with Crippen LogP contribution in [0.15, 0.2) is 49.3 Å². The summed E-state index contributed by atoms with van der Waals surface area (Å²) < 4.78 is 7.18. The summed E-state index contributed by atoms with van der Waals surface area (Å²) in [6.45, 7) is 6.64. The van der Waals surface area contributed by atoms with Gasteiger partial charge in [0.2, 0.25) is 0 Å². The Labute approximate surface area is 152 Å². The summed E-state index contributed by atoms with van der Waals surface area (Å²) >= 11 is 0. The Kier molecular flexibility index (Phi) is 4.01. The molecule has 5 nitrogen and oxygen atoms in total. The molecule has 0 aliphatic heterocycles. The second kappa shape index (κ2) is 6.35. The van der Waals surface area contributed by atoms with Crippen molar-refractivity contribution in [3.05, 3.63) is 60.6 Å². The zero-order valence-electron chi connectivity index (χ0n) is 15.2. The SMILES string of the molecule is C=C(C)c1nc2cc3ncn(C)c3cc2nc1-c1ccc(COC)cc1. The van der Waals surface area contributed by atoms with E-state index in [0.29, 0.717) is 6.61 Å². The first kappa shape index (κ1) is 16.4. The van der Waals surface area contributed by atoms with E-state index in [2.05, 4.69) is 35.8 Å². The van der Waals surface area contributed by atoms with Crippen molar-refractivity contribution in [2.24, 2.45) is 7.05 Å². The summed E-state index contributed by atoms with van der Waals surface area (Å²) in [5, 5.41) is 0. The maximum absolute atomic E-state index is 5.19. The predicted molar refractivity (Wildman–Crippen MR) is 105 cm³/mol. The van der Waals surface area contributed by atoms with Crippen LogP contribution in [0.2, 0.25) is 0 Å². The third kappa shape index (κ3) is 2.76. The lowest BCUT2D eigenvalue weighted by molar-refractivity contribution is 0.185. The summed E-state index contributed by atoms with van der Waals surface area (Å²) in [4.78, 5) is 14.2. The van der Waals surface area contributed by atoms with Gasteiger partial charge in [-0.1, -0.05) is 30.8 Å². The summed E-state index contributed by atoms with van der Waals surface area (Å²) in [6, 6.07) is 12.2. The first-order valence-corrected chi connectivity index (χ1v) is 8.44. The molecule has 130 valence electrons. The molecular formula is C21H20N4O. The van der Waals surface area contributed by atoms with Crippen LogP contribution in [0.1, 0.15) is 18.2 Å². The average molecular weight is 344 g/mol.